The van der Waals surface area contributed by atoms with Crippen LogP contribution in [0.3, 0.4) is 0 Å². The van der Waals surface area contributed by atoms with Crippen LogP contribution in [-0.4, -0.2) is 35.2 Å². The van der Waals surface area contributed by atoms with E-state index in [-0.39, 0.29) is 0 Å². The predicted molar refractivity (Wildman–Crippen MR) is 97.5 cm³/mol. The highest BCUT2D eigenvalue weighted by molar-refractivity contribution is 6.08. The molecule has 5 rings (SSSR count). The average Bonchev–Trinajstić information content (AvgIpc) is 3.03. The molecule has 0 N–H and O–H groups in total. The van der Waals surface area contributed by atoms with Crippen LogP contribution in [0.25, 0.3) is 22.1 Å². The molecule has 2 aromatic heterocycles. The molecule has 24 heavy (non-hydrogen) atoms. The van der Waals surface area contributed by atoms with Crippen molar-refractivity contribution in [2.24, 2.45) is 0 Å². The summed E-state index contributed by atoms with van der Waals surface area (Å²) in [6.45, 7) is 8.93. The molecule has 0 radical (unpaired) electrons. The SMILES string of the molecule is Cc1ccc2c(n1)oc1c(N3C4CCCN(C4)[C@@H]3C)c(C)ccc12. The first kappa shape index (κ1) is 14.3. The van der Waals surface area contributed by atoms with Crippen molar-refractivity contribution in [2.75, 3.05) is 18.0 Å². The molecule has 1 aromatic carbocycles. The fourth-order valence-electron chi connectivity index (χ4n) is 4.62. The molecule has 0 saturated carbocycles. The van der Waals surface area contributed by atoms with Gasteiger partial charge in [-0.15, -0.1) is 0 Å². The monoisotopic (exact) mass is 321 g/mol. The van der Waals surface area contributed by atoms with Gasteiger partial charge in [-0.2, -0.15) is 0 Å². The van der Waals surface area contributed by atoms with Gasteiger partial charge >= 0.3 is 0 Å². The van der Waals surface area contributed by atoms with Crippen molar-refractivity contribution in [3.63, 3.8) is 0 Å². The molecule has 2 saturated heterocycles. The molecule has 2 unspecified atom stereocenters. The highest BCUT2D eigenvalue weighted by Gasteiger charge is 2.40. The standard InChI is InChI=1S/C20H23N3O/c1-12-6-8-16-17-9-7-13(2)21-20(17)24-19(16)18(12)23-14(3)22-10-4-5-15(23)11-22/h6-9,14-15H,4-5,10-11H2,1-3H3/t14-,15?/m0/s1. The molecular weight excluding hydrogens is 298 g/mol. The third-order valence-corrected chi connectivity index (χ3v) is 5.83. The van der Waals surface area contributed by atoms with Gasteiger partial charge in [0.1, 0.15) is 0 Å². The molecule has 2 bridgehead atoms. The summed E-state index contributed by atoms with van der Waals surface area (Å²) in [7, 11) is 0. The molecule has 2 aliphatic heterocycles. The molecule has 0 amide bonds. The summed E-state index contributed by atoms with van der Waals surface area (Å²) in [6, 6.07) is 9.22. The molecule has 2 fully saturated rings. The zero-order valence-corrected chi connectivity index (χ0v) is 14.5. The lowest BCUT2D eigenvalue weighted by Crippen LogP contribution is -2.37. The van der Waals surface area contributed by atoms with Gasteiger partial charge < -0.3 is 9.32 Å². The van der Waals surface area contributed by atoms with Crippen molar-refractivity contribution in [3.05, 3.63) is 35.5 Å². The Bertz CT molecular complexity index is 943. The molecule has 4 heteroatoms. The number of furan rings is 1. The maximum atomic E-state index is 6.28. The van der Waals surface area contributed by atoms with Crippen LogP contribution in [0, 0.1) is 13.8 Å². The van der Waals surface area contributed by atoms with Gasteiger partial charge in [0.25, 0.3) is 0 Å². The summed E-state index contributed by atoms with van der Waals surface area (Å²) in [5, 5.41) is 2.30. The van der Waals surface area contributed by atoms with E-state index in [0.717, 1.165) is 22.4 Å². The van der Waals surface area contributed by atoms with Crippen LogP contribution in [-0.2, 0) is 0 Å². The second-order valence-corrected chi connectivity index (χ2v) is 7.35. The minimum atomic E-state index is 0.435. The Morgan fingerprint density at radius 3 is 2.79 bits per heavy atom. The van der Waals surface area contributed by atoms with Crippen LogP contribution in [0.2, 0.25) is 0 Å². The molecule has 3 atom stereocenters. The largest absolute Gasteiger partial charge is 0.436 e. The van der Waals surface area contributed by atoms with Crippen molar-refractivity contribution in [3.8, 4) is 0 Å². The van der Waals surface area contributed by atoms with Gasteiger partial charge in [0, 0.05) is 35.6 Å². The van der Waals surface area contributed by atoms with E-state index in [2.05, 4.69) is 52.9 Å². The molecule has 124 valence electrons. The Morgan fingerprint density at radius 1 is 1.12 bits per heavy atom. The zero-order valence-electron chi connectivity index (χ0n) is 14.5. The Kier molecular flexibility index (Phi) is 2.95. The average molecular weight is 321 g/mol. The minimum absolute atomic E-state index is 0.435. The zero-order chi connectivity index (χ0) is 16.4. The quantitative estimate of drug-likeness (QED) is 0.671. The van der Waals surface area contributed by atoms with Crippen molar-refractivity contribution < 1.29 is 4.42 Å². The van der Waals surface area contributed by atoms with Crippen LogP contribution >= 0.6 is 0 Å². The third kappa shape index (κ3) is 1.86. The Morgan fingerprint density at radius 2 is 1.96 bits per heavy atom. The summed E-state index contributed by atoms with van der Waals surface area (Å²) < 4.78 is 6.28. The Balaban J connectivity index is 1.78. The van der Waals surface area contributed by atoms with E-state index in [1.165, 1.54) is 42.6 Å². The Labute approximate surface area is 142 Å². The summed E-state index contributed by atoms with van der Waals surface area (Å²) in [5.41, 5.74) is 5.32. The van der Waals surface area contributed by atoms with Gasteiger partial charge in [0.2, 0.25) is 5.71 Å². The summed E-state index contributed by atoms with van der Waals surface area (Å²) >= 11 is 0. The molecule has 0 aliphatic carbocycles. The van der Waals surface area contributed by atoms with Crippen molar-refractivity contribution >= 4 is 27.8 Å². The molecular formula is C20H23N3O. The Hall–Kier alpha value is -2.07. The highest BCUT2D eigenvalue weighted by atomic mass is 16.3. The number of anilines is 1. The lowest BCUT2D eigenvalue weighted by molar-refractivity contribution is 0.244. The number of piperidine rings is 1. The lowest BCUT2D eigenvalue weighted by Gasteiger charge is -2.30. The molecule has 4 heterocycles. The number of pyridine rings is 1. The maximum absolute atomic E-state index is 6.28. The van der Waals surface area contributed by atoms with Gasteiger partial charge in [0.05, 0.1) is 11.9 Å². The van der Waals surface area contributed by atoms with Gasteiger partial charge in [-0.05, 0) is 51.3 Å². The van der Waals surface area contributed by atoms with Gasteiger partial charge in [-0.1, -0.05) is 12.1 Å². The first-order chi connectivity index (χ1) is 11.6. The van der Waals surface area contributed by atoms with E-state index < -0.39 is 0 Å². The summed E-state index contributed by atoms with van der Waals surface area (Å²) in [4.78, 5) is 9.79. The number of fused-ring (bicyclic) bond motifs is 5. The number of nitrogens with zero attached hydrogens (tertiary/aromatic N) is 3. The van der Waals surface area contributed by atoms with E-state index in [1.54, 1.807) is 0 Å². The van der Waals surface area contributed by atoms with E-state index in [0.29, 0.717) is 12.2 Å². The van der Waals surface area contributed by atoms with E-state index in [4.69, 9.17) is 4.42 Å². The van der Waals surface area contributed by atoms with Gasteiger partial charge in [-0.3, -0.25) is 4.90 Å². The number of rotatable bonds is 1. The van der Waals surface area contributed by atoms with E-state index >= 15 is 0 Å². The predicted octanol–water partition coefficient (Wildman–Crippen LogP) is 4.23. The van der Waals surface area contributed by atoms with Crippen LogP contribution in [0.4, 0.5) is 5.69 Å². The smallest absolute Gasteiger partial charge is 0.227 e. The highest BCUT2D eigenvalue weighted by Crippen LogP contribution is 2.42. The van der Waals surface area contributed by atoms with Gasteiger partial charge in [0.15, 0.2) is 5.58 Å². The third-order valence-electron chi connectivity index (χ3n) is 5.83. The lowest BCUT2D eigenvalue weighted by atomic mass is 10.0. The van der Waals surface area contributed by atoms with Crippen LogP contribution in [0.15, 0.2) is 28.7 Å². The summed E-state index contributed by atoms with van der Waals surface area (Å²) in [5.74, 6) is 0. The fourth-order valence-corrected chi connectivity index (χ4v) is 4.62. The first-order valence-electron chi connectivity index (χ1n) is 8.95. The maximum Gasteiger partial charge on any atom is 0.227 e. The van der Waals surface area contributed by atoms with Crippen LogP contribution in [0.1, 0.15) is 31.0 Å². The second-order valence-electron chi connectivity index (χ2n) is 7.35. The number of hydrogen-bond donors (Lipinski definition) is 0. The topological polar surface area (TPSA) is 32.5 Å². The van der Waals surface area contributed by atoms with Crippen molar-refractivity contribution in [2.45, 2.75) is 45.8 Å². The number of benzene rings is 1. The molecule has 0 spiro atoms. The number of hydrogen-bond acceptors (Lipinski definition) is 4. The minimum Gasteiger partial charge on any atom is -0.436 e. The van der Waals surface area contributed by atoms with Crippen LogP contribution in [0.5, 0.6) is 0 Å². The first-order valence-corrected chi connectivity index (χ1v) is 8.95. The molecule has 2 aliphatic rings. The van der Waals surface area contributed by atoms with Crippen LogP contribution < -0.4 is 4.90 Å². The van der Waals surface area contributed by atoms with E-state index in [9.17, 15) is 0 Å². The number of aryl methyl sites for hydroxylation is 2. The fraction of sp³-hybridized carbons (Fsp3) is 0.450. The molecule has 3 aromatic rings. The number of aromatic nitrogens is 1. The van der Waals surface area contributed by atoms with E-state index in [1.807, 2.05) is 6.92 Å². The van der Waals surface area contributed by atoms with Gasteiger partial charge in [-0.25, -0.2) is 4.98 Å². The van der Waals surface area contributed by atoms with Crippen molar-refractivity contribution in [1.82, 2.24) is 9.88 Å². The van der Waals surface area contributed by atoms with Crippen molar-refractivity contribution in [1.29, 1.82) is 0 Å². The normalized spacial score (nSPS) is 26.6. The second kappa shape index (κ2) is 4.96. The molecule has 4 nitrogen and oxygen atoms in total. The summed E-state index contributed by atoms with van der Waals surface area (Å²) in [6.07, 6.45) is 3.00.